The highest BCUT2D eigenvalue weighted by Crippen LogP contribution is 2.38. The van der Waals surface area contributed by atoms with Gasteiger partial charge in [-0.25, -0.2) is 9.97 Å². The van der Waals surface area contributed by atoms with E-state index in [0.29, 0.717) is 6.54 Å². The van der Waals surface area contributed by atoms with Gasteiger partial charge in [-0.15, -0.1) is 0 Å². The number of hydrogen-bond donors (Lipinski definition) is 1. The second-order valence-corrected chi connectivity index (χ2v) is 10.1. The van der Waals surface area contributed by atoms with Crippen LogP contribution in [0.15, 0.2) is 36.4 Å². The van der Waals surface area contributed by atoms with Crippen LogP contribution in [0.4, 0.5) is 17.5 Å². The van der Waals surface area contributed by atoms with Crippen LogP contribution in [0.25, 0.3) is 11.3 Å². The van der Waals surface area contributed by atoms with E-state index in [-0.39, 0.29) is 11.8 Å². The maximum Gasteiger partial charge on any atom is 0.230 e. The van der Waals surface area contributed by atoms with E-state index in [4.69, 9.17) is 9.72 Å². The number of anilines is 3. The lowest BCUT2D eigenvalue weighted by atomic mass is 9.94. The minimum absolute atomic E-state index is 0.0218. The molecule has 1 amide bonds. The standard InChI is InChI=1S/C28H34N6O2/c1-19-6-7-24-22(18-19)26-23(30-28(31-26)33-14-16-36-17-15-33)10-13-34(24)27(35)21-8-11-32(12-9-21)25-5-3-4-20(2)29-25/h3-7,18,21H,8-17H2,1-2H3,(H,30,31). The molecule has 188 valence electrons. The second kappa shape index (κ2) is 9.58. The number of aryl methyl sites for hydroxylation is 2. The van der Waals surface area contributed by atoms with Crippen LogP contribution >= 0.6 is 0 Å². The number of benzene rings is 1. The molecule has 0 bridgehead atoms. The van der Waals surface area contributed by atoms with Crippen molar-refractivity contribution in [1.29, 1.82) is 0 Å². The number of morpholine rings is 1. The third-order valence-corrected chi connectivity index (χ3v) is 7.67. The molecule has 8 nitrogen and oxygen atoms in total. The van der Waals surface area contributed by atoms with Gasteiger partial charge in [-0.3, -0.25) is 4.79 Å². The lowest BCUT2D eigenvalue weighted by molar-refractivity contribution is -0.123. The number of H-pyrrole nitrogens is 1. The van der Waals surface area contributed by atoms with Gasteiger partial charge in [-0.05, 0) is 51.0 Å². The maximum atomic E-state index is 13.9. The molecule has 3 aliphatic heterocycles. The van der Waals surface area contributed by atoms with E-state index in [1.807, 2.05) is 17.9 Å². The highest BCUT2D eigenvalue weighted by molar-refractivity contribution is 6.00. The average molecular weight is 487 g/mol. The molecule has 2 saturated heterocycles. The number of rotatable bonds is 3. The van der Waals surface area contributed by atoms with Crippen LogP contribution in [-0.4, -0.2) is 66.8 Å². The molecule has 3 aromatic rings. The summed E-state index contributed by atoms with van der Waals surface area (Å²) < 4.78 is 5.52. The molecule has 0 aliphatic carbocycles. The van der Waals surface area contributed by atoms with Gasteiger partial charge in [-0.2, -0.15) is 0 Å². The monoisotopic (exact) mass is 486 g/mol. The van der Waals surface area contributed by atoms with E-state index in [9.17, 15) is 4.79 Å². The molecule has 36 heavy (non-hydrogen) atoms. The number of carbonyl (C=O) groups is 1. The Hall–Kier alpha value is -3.39. The van der Waals surface area contributed by atoms with Gasteiger partial charge >= 0.3 is 0 Å². The summed E-state index contributed by atoms with van der Waals surface area (Å²) in [4.78, 5) is 33.7. The third-order valence-electron chi connectivity index (χ3n) is 7.67. The van der Waals surface area contributed by atoms with E-state index >= 15 is 0 Å². The zero-order valence-electron chi connectivity index (χ0n) is 21.2. The smallest absolute Gasteiger partial charge is 0.230 e. The summed E-state index contributed by atoms with van der Waals surface area (Å²) in [6.45, 7) is 9.61. The number of aromatic nitrogens is 3. The summed E-state index contributed by atoms with van der Waals surface area (Å²) in [7, 11) is 0. The minimum Gasteiger partial charge on any atom is -0.378 e. The van der Waals surface area contributed by atoms with Crippen molar-refractivity contribution in [1.82, 2.24) is 15.0 Å². The van der Waals surface area contributed by atoms with Crippen LogP contribution < -0.4 is 14.7 Å². The van der Waals surface area contributed by atoms with Gasteiger partial charge in [0, 0.05) is 62.0 Å². The molecule has 0 saturated carbocycles. The Morgan fingerprint density at radius 1 is 0.972 bits per heavy atom. The lowest BCUT2D eigenvalue weighted by Crippen LogP contribution is -2.43. The lowest BCUT2D eigenvalue weighted by Gasteiger charge is -2.35. The van der Waals surface area contributed by atoms with Gasteiger partial charge in [0.05, 0.1) is 24.6 Å². The number of aromatic amines is 1. The fraction of sp³-hybridized carbons (Fsp3) is 0.464. The van der Waals surface area contributed by atoms with Crippen molar-refractivity contribution in [2.24, 2.45) is 5.92 Å². The van der Waals surface area contributed by atoms with E-state index in [1.54, 1.807) is 0 Å². The summed E-state index contributed by atoms with van der Waals surface area (Å²) in [6, 6.07) is 12.5. The van der Waals surface area contributed by atoms with Crippen molar-refractivity contribution >= 4 is 23.4 Å². The fourth-order valence-corrected chi connectivity index (χ4v) is 5.65. The van der Waals surface area contributed by atoms with Crippen molar-refractivity contribution < 1.29 is 9.53 Å². The Bertz CT molecular complexity index is 1260. The van der Waals surface area contributed by atoms with E-state index < -0.39 is 0 Å². The summed E-state index contributed by atoms with van der Waals surface area (Å²) >= 11 is 0. The summed E-state index contributed by atoms with van der Waals surface area (Å²) in [5.74, 6) is 2.17. The van der Waals surface area contributed by atoms with Gasteiger partial charge in [-0.1, -0.05) is 17.7 Å². The Kier molecular flexibility index (Phi) is 6.13. The number of pyridine rings is 1. The van der Waals surface area contributed by atoms with Crippen molar-refractivity contribution in [3.8, 4) is 11.3 Å². The molecule has 6 rings (SSSR count). The molecule has 0 radical (unpaired) electrons. The summed E-state index contributed by atoms with van der Waals surface area (Å²) in [5.41, 5.74) is 6.31. The number of ether oxygens (including phenoxy) is 1. The zero-order chi connectivity index (χ0) is 24.6. The zero-order valence-corrected chi connectivity index (χ0v) is 21.2. The molecule has 3 aliphatic rings. The number of imidazole rings is 1. The average Bonchev–Trinajstić information content (AvgIpc) is 3.28. The first-order valence-electron chi connectivity index (χ1n) is 13.1. The maximum absolute atomic E-state index is 13.9. The largest absolute Gasteiger partial charge is 0.378 e. The third kappa shape index (κ3) is 4.34. The number of hydrogen-bond acceptors (Lipinski definition) is 6. The van der Waals surface area contributed by atoms with E-state index in [0.717, 1.165) is 98.8 Å². The van der Waals surface area contributed by atoms with Crippen molar-refractivity contribution in [2.75, 3.05) is 60.6 Å². The van der Waals surface area contributed by atoms with Gasteiger partial charge < -0.3 is 24.4 Å². The number of carbonyl (C=O) groups excluding carboxylic acids is 1. The number of piperidine rings is 1. The van der Waals surface area contributed by atoms with Crippen molar-refractivity contribution in [2.45, 2.75) is 33.1 Å². The molecule has 0 unspecified atom stereocenters. The molecule has 2 aromatic heterocycles. The molecular weight excluding hydrogens is 452 g/mol. The predicted octanol–water partition coefficient (Wildman–Crippen LogP) is 3.73. The Balaban J connectivity index is 1.23. The van der Waals surface area contributed by atoms with Crippen molar-refractivity contribution in [3.05, 3.63) is 53.3 Å². The highest BCUT2D eigenvalue weighted by Gasteiger charge is 2.33. The van der Waals surface area contributed by atoms with Crippen LogP contribution in [0.3, 0.4) is 0 Å². The topological polar surface area (TPSA) is 77.6 Å². The van der Waals surface area contributed by atoms with E-state index in [2.05, 4.69) is 57.0 Å². The summed E-state index contributed by atoms with van der Waals surface area (Å²) in [6.07, 6.45) is 2.45. The SMILES string of the molecule is Cc1ccc2c(c1)-c1nc(N3CCOCC3)[nH]c1CCN2C(=O)C1CCN(c2cccc(C)n2)CC1. The Labute approximate surface area is 212 Å². The predicted molar refractivity (Wildman–Crippen MR) is 142 cm³/mol. The Morgan fingerprint density at radius 3 is 2.56 bits per heavy atom. The summed E-state index contributed by atoms with van der Waals surface area (Å²) in [5, 5.41) is 0. The first-order chi connectivity index (χ1) is 17.6. The quantitative estimate of drug-likeness (QED) is 0.608. The molecule has 5 heterocycles. The molecule has 0 atom stereocenters. The highest BCUT2D eigenvalue weighted by atomic mass is 16.5. The van der Waals surface area contributed by atoms with Crippen LogP contribution in [0.1, 0.15) is 29.8 Å². The van der Waals surface area contributed by atoms with Crippen LogP contribution in [0, 0.1) is 19.8 Å². The minimum atomic E-state index is 0.0218. The van der Waals surface area contributed by atoms with Crippen molar-refractivity contribution in [3.63, 3.8) is 0 Å². The normalized spacial score (nSPS) is 18.6. The van der Waals surface area contributed by atoms with Gasteiger partial charge in [0.2, 0.25) is 11.9 Å². The number of nitrogens with zero attached hydrogens (tertiary/aromatic N) is 5. The van der Waals surface area contributed by atoms with Crippen LogP contribution in [-0.2, 0) is 16.0 Å². The van der Waals surface area contributed by atoms with Gasteiger partial charge in [0.15, 0.2) is 0 Å². The second-order valence-electron chi connectivity index (χ2n) is 10.1. The first kappa shape index (κ1) is 23.0. The van der Waals surface area contributed by atoms with Crippen LogP contribution in [0.2, 0.25) is 0 Å². The molecule has 2 fully saturated rings. The molecular formula is C28H34N6O2. The first-order valence-corrected chi connectivity index (χ1v) is 13.1. The van der Waals surface area contributed by atoms with Crippen LogP contribution in [0.5, 0.6) is 0 Å². The van der Waals surface area contributed by atoms with Gasteiger partial charge in [0.1, 0.15) is 5.82 Å². The number of fused-ring (bicyclic) bond motifs is 3. The van der Waals surface area contributed by atoms with E-state index in [1.165, 1.54) is 5.56 Å². The fourth-order valence-electron chi connectivity index (χ4n) is 5.65. The number of nitrogens with one attached hydrogen (secondary N) is 1. The molecule has 8 heteroatoms. The Morgan fingerprint density at radius 2 is 1.78 bits per heavy atom. The van der Waals surface area contributed by atoms with Gasteiger partial charge in [0.25, 0.3) is 0 Å². The molecule has 1 aromatic carbocycles. The molecule has 0 spiro atoms. The molecule has 1 N–H and O–H groups in total. The number of amides is 1.